The monoisotopic (exact) mass is 478 g/mol. The van der Waals surface area contributed by atoms with Gasteiger partial charge in [0.15, 0.2) is 0 Å². The van der Waals surface area contributed by atoms with Crippen molar-refractivity contribution in [2.75, 3.05) is 0 Å². The number of hydrogen-bond acceptors (Lipinski definition) is 2. The van der Waals surface area contributed by atoms with Gasteiger partial charge in [-0.15, -0.1) is 0 Å². The second kappa shape index (κ2) is 8.29. The van der Waals surface area contributed by atoms with Crippen LogP contribution in [0.25, 0.3) is 0 Å². The van der Waals surface area contributed by atoms with E-state index >= 15 is 0 Å². The minimum atomic E-state index is -4.68. The lowest BCUT2D eigenvalue weighted by atomic mass is 9.93. The van der Waals surface area contributed by atoms with E-state index in [0.29, 0.717) is 28.5 Å². The molecule has 4 nitrogen and oxygen atoms in total. The van der Waals surface area contributed by atoms with Gasteiger partial charge in [0.1, 0.15) is 6.04 Å². The van der Waals surface area contributed by atoms with Crippen molar-refractivity contribution in [1.29, 1.82) is 0 Å². The van der Waals surface area contributed by atoms with Crippen LogP contribution in [-0.4, -0.2) is 17.9 Å². The third-order valence-corrected chi connectivity index (χ3v) is 5.86. The molecule has 30 heavy (non-hydrogen) atoms. The summed E-state index contributed by atoms with van der Waals surface area (Å²) in [5, 5.41) is 3.09. The van der Waals surface area contributed by atoms with Gasteiger partial charge in [-0.05, 0) is 48.2 Å². The van der Waals surface area contributed by atoms with Crippen molar-refractivity contribution < 1.29 is 22.8 Å². The van der Waals surface area contributed by atoms with E-state index in [1.807, 2.05) is 0 Å². The topological polar surface area (TPSA) is 72.2 Å². The van der Waals surface area contributed by atoms with Gasteiger partial charge in [0, 0.05) is 21.5 Å². The fraction of sp³-hybridized carbons (Fsp3) is 0.300. The predicted molar refractivity (Wildman–Crippen MR) is 109 cm³/mol. The summed E-state index contributed by atoms with van der Waals surface area (Å²) in [6.45, 7) is 0. The van der Waals surface area contributed by atoms with Crippen molar-refractivity contribution in [3.05, 3.63) is 68.2 Å². The van der Waals surface area contributed by atoms with Gasteiger partial charge in [-0.3, -0.25) is 9.59 Å². The lowest BCUT2D eigenvalue weighted by Crippen LogP contribution is -2.49. The number of alkyl halides is 3. The average molecular weight is 480 g/mol. The van der Waals surface area contributed by atoms with Gasteiger partial charge < -0.3 is 11.1 Å². The van der Waals surface area contributed by atoms with Gasteiger partial charge in [-0.1, -0.05) is 46.9 Å². The molecule has 0 saturated heterocycles. The second-order valence-corrected chi connectivity index (χ2v) is 8.42. The molecule has 3 N–H and O–H groups in total. The van der Waals surface area contributed by atoms with Crippen LogP contribution in [0.2, 0.25) is 15.1 Å². The maximum absolute atomic E-state index is 13.4. The molecule has 3 rings (SSSR count). The lowest BCUT2D eigenvalue weighted by Gasteiger charge is -2.23. The largest absolute Gasteiger partial charge is 0.416 e. The fourth-order valence-corrected chi connectivity index (χ4v) is 4.11. The predicted octanol–water partition coefficient (Wildman–Crippen LogP) is 4.91. The molecule has 1 fully saturated rings. The molecular formula is C20H16Cl3F3N2O2. The van der Waals surface area contributed by atoms with Crippen LogP contribution >= 0.6 is 34.8 Å². The summed E-state index contributed by atoms with van der Waals surface area (Å²) < 4.78 is 40.1. The van der Waals surface area contributed by atoms with Crippen LogP contribution in [-0.2, 0) is 27.6 Å². The van der Waals surface area contributed by atoms with Crippen LogP contribution in [0.1, 0.15) is 29.5 Å². The first kappa shape index (κ1) is 22.7. The van der Waals surface area contributed by atoms with Gasteiger partial charge in [-0.2, -0.15) is 13.2 Å². The molecule has 2 aromatic rings. The van der Waals surface area contributed by atoms with Crippen molar-refractivity contribution >= 4 is 46.6 Å². The summed E-state index contributed by atoms with van der Waals surface area (Å²) in [6.07, 6.45) is -4.17. The van der Waals surface area contributed by atoms with Gasteiger partial charge in [0.05, 0.1) is 11.0 Å². The van der Waals surface area contributed by atoms with E-state index in [4.69, 9.17) is 40.5 Å². The van der Waals surface area contributed by atoms with E-state index in [0.717, 1.165) is 12.1 Å². The highest BCUT2D eigenvalue weighted by molar-refractivity contribution is 6.35. The molecule has 1 atom stereocenters. The number of rotatable bonds is 6. The molecule has 0 aliphatic heterocycles. The van der Waals surface area contributed by atoms with Crippen molar-refractivity contribution in [1.82, 2.24) is 5.32 Å². The molecule has 0 unspecified atom stereocenters. The van der Waals surface area contributed by atoms with Crippen molar-refractivity contribution in [2.24, 2.45) is 5.73 Å². The number of benzene rings is 2. The van der Waals surface area contributed by atoms with Crippen molar-refractivity contribution in [2.45, 2.75) is 36.9 Å². The summed E-state index contributed by atoms with van der Waals surface area (Å²) >= 11 is 17.8. The molecule has 160 valence electrons. The summed E-state index contributed by atoms with van der Waals surface area (Å²) in [5.74, 6) is -1.48. The van der Waals surface area contributed by atoms with Crippen LogP contribution in [0.5, 0.6) is 0 Å². The van der Waals surface area contributed by atoms with E-state index in [1.54, 1.807) is 12.1 Å². The van der Waals surface area contributed by atoms with Crippen LogP contribution in [0.15, 0.2) is 36.4 Å². The van der Waals surface area contributed by atoms with Crippen LogP contribution in [0.3, 0.4) is 0 Å². The fourth-order valence-electron chi connectivity index (χ4n) is 3.35. The molecule has 1 saturated carbocycles. The molecule has 0 aromatic heterocycles. The second-order valence-electron chi connectivity index (χ2n) is 7.14. The molecule has 1 aliphatic carbocycles. The maximum Gasteiger partial charge on any atom is 0.416 e. The Hall–Kier alpha value is -1.96. The van der Waals surface area contributed by atoms with Gasteiger partial charge in [-0.25, -0.2) is 0 Å². The molecule has 2 aromatic carbocycles. The molecule has 10 heteroatoms. The minimum Gasteiger partial charge on any atom is -0.368 e. The number of halogens is 6. The first-order chi connectivity index (χ1) is 13.9. The normalized spacial score (nSPS) is 16.1. The molecule has 2 amide bonds. The zero-order chi connectivity index (χ0) is 22.3. The first-order valence-corrected chi connectivity index (χ1v) is 9.99. The van der Waals surface area contributed by atoms with E-state index in [-0.39, 0.29) is 10.6 Å². The number of carbonyl (C=O) groups excluding carboxylic acids is 2. The van der Waals surface area contributed by atoms with Crippen molar-refractivity contribution in [3.8, 4) is 0 Å². The highest BCUT2D eigenvalue weighted by atomic mass is 35.5. The molecule has 0 bridgehead atoms. The van der Waals surface area contributed by atoms with E-state index < -0.39 is 41.4 Å². The Morgan fingerprint density at radius 3 is 2.20 bits per heavy atom. The molecule has 0 spiro atoms. The molecule has 0 radical (unpaired) electrons. The smallest absolute Gasteiger partial charge is 0.368 e. The van der Waals surface area contributed by atoms with Gasteiger partial charge in [0.25, 0.3) is 0 Å². The van der Waals surface area contributed by atoms with E-state index in [9.17, 15) is 22.8 Å². The van der Waals surface area contributed by atoms with Gasteiger partial charge >= 0.3 is 6.18 Å². The Bertz CT molecular complexity index is 1010. The Morgan fingerprint density at radius 2 is 1.67 bits per heavy atom. The van der Waals surface area contributed by atoms with Crippen LogP contribution in [0.4, 0.5) is 13.2 Å². The third kappa shape index (κ3) is 4.68. The number of amides is 2. The number of carbonyl (C=O) groups is 2. The Balaban J connectivity index is 1.86. The van der Waals surface area contributed by atoms with Gasteiger partial charge in [0.2, 0.25) is 11.8 Å². The standard InChI is InChI=1S/C20H16Cl3F3N2O2/c21-11-2-1-10(14(8-11)20(24,25)26)7-16(17(27)29)28-18(30)19(5-6-19)13-4-3-12(22)9-15(13)23/h1-4,8-9,16H,5-7H2,(H2,27,29)(H,28,30)/t16-/m0/s1. The summed E-state index contributed by atoms with van der Waals surface area (Å²) in [5.41, 5.74) is 3.75. The Morgan fingerprint density at radius 1 is 1.07 bits per heavy atom. The number of nitrogens with two attached hydrogens (primary N) is 1. The summed E-state index contributed by atoms with van der Waals surface area (Å²) in [4.78, 5) is 24.9. The molecule has 1 aliphatic rings. The van der Waals surface area contributed by atoms with E-state index in [1.165, 1.54) is 12.1 Å². The minimum absolute atomic E-state index is 0.0972. The maximum atomic E-state index is 13.4. The number of primary amides is 1. The lowest BCUT2D eigenvalue weighted by molar-refractivity contribution is -0.138. The third-order valence-electron chi connectivity index (χ3n) is 5.08. The van der Waals surface area contributed by atoms with Crippen LogP contribution in [0, 0.1) is 0 Å². The van der Waals surface area contributed by atoms with E-state index in [2.05, 4.69) is 5.32 Å². The SMILES string of the molecule is NC(=O)[C@H](Cc1ccc(Cl)cc1C(F)(F)F)NC(=O)C1(c2ccc(Cl)cc2Cl)CC1. The Kier molecular flexibility index (Phi) is 6.28. The molecular weight excluding hydrogens is 464 g/mol. The Labute approximate surface area is 185 Å². The zero-order valence-corrected chi connectivity index (χ0v) is 17.6. The number of hydrogen-bond donors (Lipinski definition) is 2. The highest BCUT2D eigenvalue weighted by Gasteiger charge is 2.53. The molecule has 0 heterocycles. The van der Waals surface area contributed by atoms with Crippen molar-refractivity contribution in [3.63, 3.8) is 0 Å². The highest BCUT2D eigenvalue weighted by Crippen LogP contribution is 2.51. The number of nitrogens with one attached hydrogen (secondary N) is 1. The first-order valence-electron chi connectivity index (χ1n) is 8.85. The average Bonchev–Trinajstić information content (AvgIpc) is 3.43. The van der Waals surface area contributed by atoms with Crippen LogP contribution < -0.4 is 11.1 Å². The zero-order valence-electron chi connectivity index (χ0n) is 15.3. The summed E-state index contributed by atoms with van der Waals surface area (Å²) in [6, 6.07) is 6.58. The summed E-state index contributed by atoms with van der Waals surface area (Å²) in [7, 11) is 0. The quantitative estimate of drug-likeness (QED) is 0.618.